The van der Waals surface area contributed by atoms with Crippen LogP contribution in [0.3, 0.4) is 0 Å². The lowest BCUT2D eigenvalue weighted by atomic mass is 10.1. The molecule has 2 unspecified atom stereocenters. The van der Waals surface area contributed by atoms with Crippen molar-refractivity contribution in [3.8, 4) is 5.69 Å². The SMILES string of the molecule is CC(C)(C)OC(=O)NCC1CC1CCCNc1ncc(Cl)n(CC(=O)NCc2cc(Cl)ccc2-n2cncn2)c1=O. The highest BCUT2D eigenvalue weighted by atomic mass is 35.5. The van der Waals surface area contributed by atoms with Crippen LogP contribution >= 0.6 is 23.2 Å². The lowest BCUT2D eigenvalue weighted by Gasteiger charge is -2.19. The van der Waals surface area contributed by atoms with Gasteiger partial charge in [-0.2, -0.15) is 5.10 Å². The molecule has 12 nitrogen and oxygen atoms in total. The molecule has 4 rings (SSSR count). The summed E-state index contributed by atoms with van der Waals surface area (Å²) in [6, 6.07) is 5.24. The molecule has 1 aromatic carbocycles. The van der Waals surface area contributed by atoms with Crippen molar-refractivity contribution >= 4 is 41.0 Å². The Bertz CT molecular complexity index is 1420. The summed E-state index contributed by atoms with van der Waals surface area (Å²) in [5.74, 6) is 0.681. The molecule has 14 heteroatoms. The van der Waals surface area contributed by atoms with Gasteiger partial charge in [-0.1, -0.05) is 23.2 Å². The summed E-state index contributed by atoms with van der Waals surface area (Å²) in [5, 5.41) is 13.4. The van der Waals surface area contributed by atoms with E-state index in [9.17, 15) is 14.4 Å². The summed E-state index contributed by atoms with van der Waals surface area (Å²) < 4.78 is 8.01. The molecule has 1 aliphatic rings. The number of hydrogen-bond donors (Lipinski definition) is 3. The van der Waals surface area contributed by atoms with Crippen molar-refractivity contribution in [2.24, 2.45) is 11.8 Å². The van der Waals surface area contributed by atoms with Crippen LogP contribution in [0.25, 0.3) is 5.69 Å². The smallest absolute Gasteiger partial charge is 0.407 e. The van der Waals surface area contributed by atoms with E-state index in [0.717, 1.165) is 30.5 Å². The molecule has 3 aromatic rings. The molecule has 0 saturated heterocycles. The average Bonchev–Trinajstić information content (AvgIpc) is 3.43. The third-order valence-electron chi connectivity index (χ3n) is 6.51. The van der Waals surface area contributed by atoms with Crippen molar-refractivity contribution in [1.82, 2.24) is 34.9 Å². The lowest BCUT2D eigenvalue weighted by molar-refractivity contribution is -0.121. The minimum Gasteiger partial charge on any atom is -0.444 e. The fourth-order valence-corrected chi connectivity index (χ4v) is 4.77. The van der Waals surface area contributed by atoms with Crippen LogP contribution in [0, 0.1) is 11.8 Å². The number of anilines is 1. The molecule has 1 aliphatic carbocycles. The van der Waals surface area contributed by atoms with Gasteiger partial charge in [0.2, 0.25) is 5.91 Å². The number of halogens is 2. The number of hydrogen-bond acceptors (Lipinski definition) is 8. The Hall–Kier alpha value is -3.64. The zero-order valence-electron chi connectivity index (χ0n) is 23.2. The van der Waals surface area contributed by atoms with E-state index >= 15 is 0 Å². The Balaban J connectivity index is 1.23. The first-order valence-corrected chi connectivity index (χ1v) is 14.1. The normalized spacial score (nSPS) is 16.2. The second-order valence-electron chi connectivity index (χ2n) is 10.9. The largest absolute Gasteiger partial charge is 0.444 e. The number of alkyl carbamates (subject to hydrolysis) is 1. The highest BCUT2D eigenvalue weighted by Crippen LogP contribution is 2.41. The minimum atomic E-state index is -0.517. The molecule has 2 aromatic heterocycles. The van der Waals surface area contributed by atoms with E-state index in [4.69, 9.17) is 27.9 Å². The fourth-order valence-electron chi connectivity index (χ4n) is 4.39. The molecule has 1 saturated carbocycles. The number of amides is 2. The van der Waals surface area contributed by atoms with Crippen LogP contribution in [-0.4, -0.2) is 55.0 Å². The zero-order valence-corrected chi connectivity index (χ0v) is 24.7. The summed E-state index contributed by atoms with van der Waals surface area (Å²) in [5.41, 5.74) is 0.446. The number of nitrogens with zero attached hydrogens (tertiary/aromatic N) is 5. The lowest BCUT2D eigenvalue weighted by Crippen LogP contribution is -2.34. The number of ether oxygens (including phenoxy) is 1. The van der Waals surface area contributed by atoms with Crippen LogP contribution in [0.2, 0.25) is 10.2 Å². The maximum Gasteiger partial charge on any atom is 0.407 e. The van der Waals surface area contributed by atoms with Crippen molar-refractivity contribution in [2.45, 2.75) is 58.7 Å². The van der Waals surface area contributed by atoms with Gasteiger partial charge in [-0.25, -0.2) is 19.4 Å². The third-order valence-corrected chi connectivity index (χ3v) is 7.05. The number of rotatable bonds is 12. The first-order valence-electron chi connectivity index (χ1n) is 13.4. The van der Waals surface area contributed by atoms with Crippen molar-refractivity contribution in [1.29, 1.82) is 0 Å². The molecule has 1 fully saturated rings. The average molecular weight is 606 g/mol. The van der Waals surface area contributed by atoms with E-state index in [1.54, 1.807) is 29.2 Å². The van der Waals surface area contributed by atoms with E-state index in [1.807, 2.05) is 20.8 Å². The number of nitrogens with one attached hydrogen (secondary N) is 3. The van der Waals surface area contributed by atoms with Gasteiger partial charge in [-0.15, -0.1) is 0 Å². The molecule has 0 radical (unpaired) electrons. The topological polar surface area (TPSA) is 145 Å². The summed E-state index contributed by atoms with van der Waals surface area (Å²) in [6.07, 6.45) is 6.74. The summed E-state index contributed by atoms with van der Waals surface area (Å²) in [6.45, 7) is 6.51. The van der Waals surface area contributed by atoms with E-state index < -0.39 is 23.2 Å². The number of aromatic nitrogens is 5. The van der Waals surface area contributed by atoms with Gasteiger partial charge in [0.25, 0.3) is 5.56 Å². The fraction of sp³-hybridized carbons (Fsp3) is 0.481. The van der Waals surface area contributed by atoms with Crippen molar-refractivity contribution in [3.05, 3.63) is 63.1 Å². The quantitative estimate of drug-likeness (QED) is 0.265. The van der Waals surface area contributed by atoms with Crippen molar-refractivity contribution < 1.29 is 14.3 Å². The predicted octanol–water partition coefficient (Wildman–Crippen LogP) is 3.80. The molecule has 220 valence electrons. The van der Waals surface area contributed by atoms with Gasteiger partial charge in [0.15, 0.2) is 5.82 Å². The van der Waals surface area contributed by atoms with Crippen LogP contribution in [-0.2, 0) is 22.6 Å². The summed E-state index contributed by atoms with van der Waals surface area (Å²) in [4.78, 5) is 45.6. The molecule has 3 N–H and O–H groups in total. The summed E-state index contributed by atoms with van der Waals surface area (Å²) >= 11 is 12.4. The van der Waals surface area contributed by atoms with Gasteiger partial charge in [0.1, 0.15) is 30.0 Å². The molecule has 41 heavy (non-hydrogen) atoms. The van der Waals surface area contributed by atoms with E-state index in [-0.39, 0.29) is 24.1 Å². The van der Waals surface area contributed by atoms with Gasteiger partial charge < -0.3 is 20.7 Å². The molecule has 0 bridgehead atoms. The van der Waals surface area contributed by atoms with Gasteiger partial charge in [0.05, 0.1) is 11.9 Å². The monoisotopic (exact) mass is 604 g/mol. The second kappa shape index (κ2) is 13.3. The maximum absolute atomic E-state index is 13.0. The molecule has 2 heterocycles. The minimum absolute atomic E-state index is 0.0556. The van der Waals surface area contributed by atoms with Crippen LogP contribution in [0.4, 0.5) is 10.6 Å². The van der Waals surface area contributed by atoms with E-state index in [2.05, 4.69) is 31.0 Å². The number of benzene rings is 1. The molecular weight excluding hydrogens is 571 g/mol. The molecule has 0 aliphatic heterocycles. The Kier molecular flexibility index (Phi) is 9.87. The molecule has 2 amide bonds. The summed E-state index contributed by atoms with van der Waals surface area (Å²) in [7, 11) is 0. The van der Waals surface area contributed by atoms with Crippen molar-refractivity contribution in [3.63, 3.8) is 0 Å². The van der Waals surface area contributed by atoms with Crippen LogP contribution in [0.15, 0.2) is 41.8 Å². The van der Waals surface area contributed by atoms with Crippen LogP contribution in [0.5, 0.6) is 0 Å². The highest BCUT2D eigenvalue weighted by molar-refractivity contribution is 6.30. The van der Waals surface area contributed by atoms with E-state index in [0.29, 0.717) is 29.9 Å². The first kappa shape index (κ1) is 30.3. The Morgan fingerprint density at radius 1 is 1.17 bits per heavy atom. The predicted molar refractivity (Wildman–Crippen MR) is 155 cm³/mol. The Labute approximate surface area is 247 Å². The standard InChI is InChI=1S/C27H34Cl2N8O4/c1-27(2,3)41-26(40)34-11-18-9-17(18)5-4-8-31-24-25(39)36(22(29)13-33-24)14-23(38)32-12-19-10-20(28)6-7-21(19)37-16-30-15-35-37/h6-7,10,13,15-18H,4-5,8-9,11-12,14H2,1-3H3,(H,31,33)(H,32,38)(H,34,40). The van der Waals surface area contributed by atoms with Crippen LogP contribution < -0.4 is 21.5 Å². The van der Waals surface area contributed by atoms with Crippen molar-refractivity contribution in [2.75, 3.05) is 18.4 Å². The Morgan fingerprint density at radius 3 is 2.71 bits per heavy atom. The first-order chi connectivity index (χ1) is 19.5. The molecular formula is C27H34Cl2N8O4. The van der Waals surface area contributed by atoms with Crippen LogP contribution in [0.1, 0.15) is 45.6 Å². The van der Waals surface area contributed by atoms with Gasteiger partial charge in [0, 0.05) is 24.7 Å². The number of carbonyl (C=O) groups is 2. The van der Waals surface area contributed by atoms with Gasteiger partial charge in [-0.3, -0.25) is 14.2 Å². The van der Waals surface area contributed by atoms with Gasteiger partial charge in [-0.05, 0) is 75.6 Å². The highest BCUT2D eigenvalue weighted by Gasteiger charge is 2.36. The third kappa shape index (κ3) is 8.92. The second-order valence-corrected chi connectivity index (χ2v) is 11.7. The van der Waals surface area contributed by atoms with E-state index in [1.165, 1.54) is 17.1 Å². The number of carbonyl (C=O) groups excluding carboxylic acids is 2. The Morgan fingerprint density at radius 2 is 1.98 bits per heavy atom. The molecule has 2 atom stereocenters. The van der Waals surface area contributed by atoms with Gasteiger partial charge >= 0.3 is 6.09 Å². The maximum atomic E-state index is 13.0. The zero-order chi connectivity index (χ0) is 29.6. The molecule has 0 spiro atoms.